The molecule has 5 heteroatoms. The van der Waals surface area contributed by atoms with Gasteiger partial charge in [0.2, 0.25) is 0 Å². The lowest BCUT2D eigenvalue weighted by Gasteiger charge is -2.13. The molecule has 0 bridgehead atoms. The van der Waals surface area contributed by atoms with Gasteiger partial charge in [0.25, 0.3) is 0 Å². The van der Waals surface area contributed by atoms with Crippen LogP contribution in [0.25, 0.3) is 0 Å². The molecule has 0 aliphatic heterocycles. The molecule has 2 N–H and O–H groups in total. The summed E-state index contributed by atoms with van der Waals surface area (Å²) in [7, 11) is -3.42. The number of nitrogens with one attached hydrogen (secondary N) is 1. The van der Waals surface area contributed by atoms with Gasteiger partial charge in [-0.15, -0.1) is 0 Å². The molecule has 106 valence electrons. The Morgan fingerprint density at radius 1 is 1.37 bits per heavy atom. The Balaban J connectivity index is 2.03. The van der Waals surface area contributed by atoms with Crippen LogP contribution in [-0.4, -0.2) is 38.0 Å². The quantitative estimate of drug-likeness (QED) is 0.823. The van der Waals surface area contributed by atoms with E-state index in [0.29, 0.717) is 17.5 Å². The summed E-state index contributed by atoms with van der Waals surface area (Å²) in [5.41, 5.74) is 1.77. The van der Waals surface area contributed by atoms with Gasteiger partial charge < -0.3 is 10.4 Å². The van der Waals surface area contributed by atoms with Crippen molar-refractivity contribution in [3.8, 4) is 0 Å². The Hall–Kier alpha value is -0.910. The Morgan fingerprint density at radius 3 is 2.63 bits per heavy atom. The molecular formula is C14H21NO3S. The van der Waals surface area contributed by atoms with Crippen LogP contribution in [0.1, 0.15) is 24.0 Å². The molecule has 0 heterocycles. The molecule has 1 unspecified atom stereocenters. The monoisotopic (exact) mass is 283 g/mol. The second-order valence-electron chi connectivity index (χ2n) is 5.39. The molecule has 0 amide bonds. The predicted molar refractivity (Wildman–Crippen MR) is 75.0 cm³/mol. The fourth-order valence-electron chi connectivity index (χ4n) is 2.14. The fourth-order valence-corrected chi connectivity index (χ4v) is 3.77. The molecule has 1 saturated carbocycles. The van der Waals surface area contributed by atoms with Crippen molar-refractivity contribution >= 4 is 9.84 Å². The largest absolute Gasteiger partial charge is 0.391 e. The van der Waals surface area contributed by atoms with E-state index >= 15 is 0 Å². The SMILES string of the molecule is Cc1ccc(S(=O)(=O)CC(O)CNC2CC2)c(C)c1. The summed E-state index contributed by atoms with van der Waals surface area (Å²) < 4.78 is 24.5. The van der Waals surface area contributed by atoms with Gasteiger partial charge in [0, 0.05) is 12.6 Å². The van der Waals surface area contributed by atoms with Crippen molar-refractivity contribution in [1.82, 2.24) is 5.32 Å². The molecule has 4 nitrogen and oxygen atoms in total. The number of aliphatic hydroxyl groups excluding tert-OH is 1. The normalized spacial score (nSPS) is 17.4. The maximum Gasteiger partial charge on any atom is 0.181 e. The average Bonchev–Trinajstić information content (AvgIpc) is 3.08. The van der Waals surface area contributed by atoms with Gasteiger partial charge in [0.05, 0.1) is 16.8 Å². The van der Waals surface area contributed by atoms with Gasteiger partial charge in [-0.05, 0) is 38.3 Å². The highest BCUT2D eigenvalue weighted by Crippen LogP contribution is 2.20. The third-order valence-electron chi connectivity index (χ3n) is 3.30. The second-order valence-corrected chi connectivity index (χ2v) is 7.39. The maximum absolute atomic E-state index is 12.2. The second kappa shape index (κ2) is 5.61. The van der Waals surface area contributed by atoms with Crippen LogP contribution in [0.5, 0.6) is 0 Å². The molecule has 0 aromatic heterocycles. The van der Waals surface area contributed by atoms with E-state index in [1.54, 1.807) is 19.1 Å². The van der Waals surface area contributed by atoms with Gasteiger partial charge in [-0.2, -0.15) is 0 Å². The van der Waals surface area contributed by atoms with Crippen molar-refractivity contribution in [2.24, 2.45) is 0 Å². The molecule has 1 atom stereocenters. The Kier molecular flexibility index (Phi) is 4.28. The highest BCUT2D eigenvalue weighted by atomic mass is 32.2. The zero-order valence-corrected chi connectivity index (χ0v) is 12.2. The van der Waals surface area contributed by atoms with Gasteiger partial charge in [-0.1, -0.05) is 17.7 Å². The molecule has 1 aromatic rings. The van der Waals surface area contributed by atoms with E-state index in [2.05, 4.69) is 5.32 Å². The fraction of sp³-hybridized carbons (Fsp3) is 0.571. The number of benzene rings is 1. The standard InChI is InChI=1S/C14H21NO3S/c1-10-3-6-14(11(2)7-10)19(17,18)9-13(16)8-15-12-4-5-12/h3,6-7,12-13,15-16H,4-5,8-9H2,1-2H3. The van der Waals surface area contributed by atoms with Crippen LogP contribution >= 0.6 is 0 Å². The van der Waals surface area contributed by atoms with E-state index in [0.717, 1.165) is 24.0 Å². The van der Waals surface area contributed by atoms with Gasteiger partial charge in [0.15, 0.2) is 9.84 Å². The third kappa shape index (κ3) is 4.03. The van der Waals surface area contributed by atoms with Crippen LogP contribution < -0.4 is 5.32 Å². The zero-order chi connectivity index (χ0) is 14.0. The van der Waals surface area contributed by atoms with E-state index in [-0.39, 0.29) is 5.75 Å². The Morgan fingerprint density at radius 2 is 2.05 bits per heavy atom. The number of aliphatic hydroxyl groups is 1. The minimum Gasteiger partial charge on any atom is -0.391 e. The molecule has 1 aliphatic carbocycles. The minimum atomic E-state index is -3.42. The van der Waals surface area contributed by atoms with E-state index in [1.165, 1.54) is 0 Å². The topological polar surface area (TPSA) is 66.4 Å². The Labute approximate surface area is 114 Å². The van der Waals surface area contributed by atoms with Crippen molar-refractivity contribution in [2.45, 2.75) is 43.7 Å². The van der Waals surface area contributed by atoms with Crippen LogP contribution in [0.4, 0.5) is 0 Å². The first-order valence-electron chi connectivity index (χ1n) is 6.60. The van der Waals surface area contributed by atoms with Crippen molar-refractivity contribution in [1.29, 1.82) is 0 Å². The number of hydrogen-bond acceptors (Lipinski definition) is 4. The summed E-state index contributed by atoms with van der Waals surface area (Å²) >= 11 is 0. The van der Waals surface area contributed by atoms with Gasteiger partial charge in [-0.25, -0.2) is 8.42 Å². The van der Waals surface area contributed by atoms with E-state index in [1.807, 2.05) is 13.0 Å². The number of hydrogen-bond donors (Lipinski definition) is 2. The predicted octanol–water partition coefficient (Wildman–Crippen LogP) is 1.19. The Bertz CT molecular complexity index is 550. The molecule has 19 heavy (non-hydrogen) atoms. The number of sulfone groups is 1. The molecular weight excluding hydrogens is 262 g/mol. The highest BCUT2D eigenvalue weighted by Gasteiger charge is 2.25. The first kappa shape index (κ1) is 14.5. The van der Waals surface area contributed by atoms with Crippen LogP contribution in [0, 0.1) is 13.8 Å². The first-order valence-corrected chi connectivity index (χ1v) is 8.25. The lowest BCUT2D eigenvalue weighted by Crippen LogP contribution is -2.33. The van der Waals surface area contributed by atoms with Crippen molar-refractivity contribution < 1.29 is 13.5 Å². The van der Waals surface area contributed by atoms with Crippen molar-refractivity contribution in [3.63, 3.8) is 0 Å². The number of aryl methyl sites for hydroxylation is 2. The highest BCUT2D eigenvalue weighted by molar-refractivity contribution is 7.91. The van der Waals surface area contributed by atoms with Crippen LogP contribution in [-0.2, 0) is 9.84 Å². The molecule has 2 rings (SSSR count). The summed E-state index contributed by atoms with van der Waals surface area (Å²) in [4.78, 5) is 0.323. The van der Waals surface area contributed by atoms with Crippen molar-refractivity contribution in [3.05, 3.63) is 29.3 Å². The summed E-state index contributed by atoms with van der Waals surface area (Å²) in [5, 5.41) is 13.0. The van der Waals surface area contributed by atoms with Gasteiger partial charge in [0.1, 0.15) is 0 Å². The lowest BCUT2D eigenvalue weighted by atomic mass is 10.2. The van der Waals surface area contributed by atoms with Gasteiger partial charge in [-0.3, -0.25) is 0 Å². The third-order valence-corrected chi connectivity index (χ3v) is 5.25. The van der Waals surface area contributed by atoms with E-state index in [4.69, 9.17) is 0 Å². The summed E-state index contributed by atoms with van der Waals surface area (Å²) in [6.45, 7) is 4.06. The summed E-state index contributed by atoms with van der Waals surface area (Å²) in [6.07, 6.45) is 1.39. The summed E-state index contributed by atoms with van der Waals surface area (Å²) in [5.74, 6) is -0.226. The maximum atomic E-state index is 12.2. The van der Waals surface area contributed by atoms with Gasteiger partial charge >= 0.3 is 0 Å². The molecule has 0 radical (unpaired) electrons. The van der Waals surface area contributed by atoms with E-state index < -0.39 is 15.9 Å². The zero-order valence-electron chi connectivity index (χ0n) is 11.4. The molecule has 1 aliphatic rings. The van der Waals surface area contributed by atoms with Crippen molar-refractivity contribution in [2.75, 3.05) is 12.3 Å². The molecule has 1 fully saturated rings. The lowest BCUT2D eigenvalue weighted by molar-refractivity contribution is 0.193. The van der Waals surface area contributed by atoms with Crippen LogP contribution in [0.15, 0.2) is 23.1 Å². The minimum absolute atomic E-state index is 0.226. The number of rotatable bonds is 6. The average molecular weight is 283 g/mol. The molecule has 0 saturated heterocycles. The molecule has 0 spiro atoms. The van der Waals surface area contributed by atoms with E-state index in [9.17, 15) is 13.5 Å². The van der Waals surface area contributed by atoms with Crippen LogP contribution in [0.3, 0.4) is 0 Å². The smallest absolute Gasteiger partial charge is 0.181 e. The molecule has 1 aromatic carbocycles. The summed E-state index contributed by atoms with van der Waals surface area (Å²) in [6, 6.07) is 5.73. The van der Waals surface area contributed by atoms with Crippen LogP contribution in [0.2, 0.25) is 0 Å². The first-order chi connectivity index (χ1) is 8.88.